The Kier molecular flexibility index (Phi) is 5.28. The molecule has 0 radical (unpaired) electrons. The number of esters is 1. The summed E-state index contributed by atoms with van der Waals surface area (Å²) < 4.78 is 6.27. The SMILES string of the molecule is N#Cc1cc(Br)c(OC(=O)c2cc(Cl)cc(Cl)c2)c(Br)c1. The van der Waals surface area contributed by atoms with E-state index in [0.29, 0.717) is 24.6 Å². The molecule has 0 aliphatic rings. The number of nitrogens with zero attached hydrogens (tertiary/aromatic N) is 1. The van der Waals surface area contributed by atoms with E-state index in [4.69, 9.17) is 33.2 Å². The minimum atomic E-state index is -0.606. The maximum Gasteiger partial charge on any atom is 0.343 e. The summed E-state index contributed by atoms with van der Waals surface area (Å²) in [5.74, 6) is -0.333. The lowest BCUT2D eigenvalue weighted by atomic mass is 10.2. The molecule has 3 nitrogen and oxygen atoms in total. The van der Waals surface area contributed by atoms with E-state index < -0.39 is 5.97 Å². The Morgan fingerprint density at radius 3 is 2.05 bits per heavy atom. The van der Waals surface area contributed by atoms with Crippen LogP contribution in [0.4, 0.5) is 0 Å². The van der Waals surface area contributed by atoms with Crippen molar-refractivity contribution in [2.24, 2.45) is 0 Å². The van der Waals surface area contributed by atoms with Gasteiger partial charge in [0.05, 0.1) is 26.1 Å². The van der Waals surface area contributed by atoms with Crippen LogP contribution < -0.4 is 4.74 Å². The zero-order valence-corrected chi connectivity index (χ0v) is 14.8. The van der Waals surface area contributed by atoms with Crippen molar-refractivity contribution in [3.8, 4) is 11.8 Å². The first-order valence-electron chi connectivity index (χ1n) is 5.48. The lowest BCUT2D eigenvalue weighted by Crippen LogP contribution is -2.09. The molecule has 0 unspecified atom stereocenters. The van der Waals surface area contributed by atoms with Crippen LogP contribution >= 0.6 is 55.1 Å². The van der Waals surface area contributed by atoms with Crippen LogP contribution in [0, 0.1) is 11.3 Å². The third kappa shape index (κ3) is 3.98. The standard InChI is InChI=1S/C14H5Br2Cl2NO2/c15-11-1-7(6-19)2-12(16)13(11)21-14(20)8-3-9(17)5-10(18)4-8/h1-5H. The number of carbonyl (C=O) groups is 1. The molecule has 2 aromatic carbocycles. The van der Waals surface area contributed by atoms with Crippen LogP contribution in [0.5, 0.6) is 5.75 Å². The molecule has 0 fully saturated rings. The van der Waals surface area contributed by atoms with Gasteiger partial charge in [-0.05, 0) is 62.2 Å². The third-order valence-electron chi connectivity index (χ3n) is 2.42. The molecule has 0 bridgehead atoms. The number of nitriles is 1. The lowest BCUT2D eigenvalue weighted by molar-refractivity contribution is 0.0732. The smallest absolute Gasteiger partial charge is 0.343 e. The predicted molar refractivity (Wildman–Crippen MR) is 88.0 cm³/mol. The van der Waals surface area contributed by atoms with Crippen molar-refractivity contribution in [2.75, 3.05) is 0 Å². The van der Waals surface area contributed by atoms with Gasteiger partial charge in [-0.1, -0.05) is 23.2 Å². The van der Waals surface area contributed by atoms with Gasteiger partial charge in [0.15, 0.2) is 5.75 Å². The van der Waals surface area contributed by atoms with Gasteiger partial charge in [-0.25, -0.2) is 4.79 Å². The van der Waals surface area contributed by atoms with Gasteiger partial charge < -0.3 is 4.74 Å². The summed E-state index contributed by atoms with van der Waals surface area (Å²) in [4.78, 5) is 12.1. The molecule has 0 amide bonds. The summed E-state index contributed by atoms with van der Waals surface area (Å²) in [6, 6.07) is 9.55. The second-order valence-corrected chi connectivity index (χ2v) is 6.51. The van der Waals surface area contributed by atoms with Gasteiger partial charge in [0.2, 0.25) is 0 Å². The van der Waals surface area contributed by atoms with Crippen molar-refractivity contribution >= 4 is 61.0 Å². The van der Waals surface area contributed by atoms with E-state index in [1.807, 2.05) is 6.07 Å². The van der Waals surface area contributed by atoms with Crippen molar-refractivity contribution in [3.05, 3.63) is 60.4 Å². The molecular formula is C14H5Br2Cl2NO2. The maximum absolute atomic E-state index is 12.1. The largest absolute Gasteiger partial charge is 0.421 e. The Balaban J connectivity index is 2.34. The van der Waals surface area contributed by atoms with E-state index in [-0.39, 0.29) is 11.3 Å². The average Bonchev–Trinajstić information content (AvgIpc) is 2.41. The lowest BCUT2D eigenvalue weighted by Gasteiger charge is -2.09. The Morgan fingerprint density at radius 2 is 1.57 bits per heavy atom. The fourth-order valence-corrected chi connectivity index (χ4v) is 3.42. The number of ether oxygens (including phenoxy) is 1. The zero-order chi connectivity index (χ0) is 15.6. The molecule has 0 saturated carbocycles. The summed E-state index contributed by atoms with van der Waals surface area (Å²) in [6.45, 7) is 0. The van der Waals surface area contributed by atoms with Crippen LogP contribution in [0.25, 0.3) is 0 Å². The van der Waals surface area contributed by atoms with Crippen molar-refractivity contribution in [2.45, 2.75) is 0 Å². The van der Waals surface area contributed by atoms with Crippen LogP contribution in [-0.4, -0.2) is 5.97 Å². The molecule has 0 saturated heterocycles. The highest BCUT2D eigenvalue weighted by molar-refractivity contribution is 9.11. The molecular weight excluding hydrogens is 445 g/mol. The molecule has 0 atom stereocenters. The van der Waals surface area contributed by atoms with E-state index in [1.165, 1.54) is 18.2 Å². The summed E-state index contributed by atoms with van der Waals surface area (Å²) >= 11 is 18.2. The van der Waals surface area contributed by atoms with E-state index in [2.05, 4.69) is 31.9 Å². The van der Waals surface area contributed by atoms with Crippen LogP contribution in [0.1, 0.15) is 15.9 Å². The molecule has 21 heavy (non-hydrogen) atoms. The van der Waals surface area contributed by atoms with Gasteiger partial charge >= 0.3 is 5.97 Å². The van der Waals surface area contributed by atoms with Crippen molar-refractivity contribution < 1.29 is 9.53 Å². The van der Waals surface area contributed by atoms with Crippen molar-refractivity contribution in [1.82, 2.24) is 0 Å². The van der Waals surface area contributed by atoms with Gasteiger partial charge in [0.25, 0.3) is 0 Å². The minimum absolute atomic E-state index is 0.232. The highest BCUT2D eigenvalue weighted by Gasteiger charge is 2.16. The summed E-state index contributed by atoms with van der Waals surface area (Å²) in [6.07, 6.45) is 0. The van der Waals surface area contributed by atoms with Crippen LogP contribution in [0.15, 0.2) is 39.3 Å². The summed E-state index contributed by atoms with van der Waals surface area (Å²) in [5, 5.41) is 9.55. The Morgan fingerprint density at radius 1 is 1.05 bits per heavy atom. The molecule has 0 heterocycles. The first-order chi connectivity index (χ1) is 9.90. The normalized spacial score (nSPS) is 10.0. The molecule has 2 aromatic rings. The molecule has 0 aromatic heterocycles. The third-order valence-corrected chi connectivity index (χ3v) is 4.03. The average molecular weight is 450 g/mol. The number of halogens is 4. The van der Waals surface area contributed by atoms with E-state index >= 15 is 0 Å². The second-order valence-electron chi connectivity index (χ2n) is 3.93. The molecule has 0 aliphatic carbocycles. The number of hydrogen-bond donors (Lipinski definition) is 0. The fourth-order valence-electron chi connectivity index (χ4n) is 1.55. The number of carbonyl (C=O) groups excluding carboxylic acids is 1. The van der Waals surface area contributed by atoms with Gasteiger partial charge in [-0.2, -0.15) is 5.26 Å². The van der Waals surface area contributed by atoms with E-state index in [9.17, 15) is 4.79 Å². The minimum Gasteiger partial charge on any atom is -0.421 e. The van der Waals surface area contributed by atoms with Crippen LogP contribution in [0.3, 0.4) is 0 Å². The second kappa shape index (κ2) is 6.80. The Bertz CT molecular complexity index is 729. The first kappa shape index (κ1) is 16.3. The number of hydrogen-bond acceptors (Lipinski definition) is 3. The van der Waals surface area contributed by atoms with Gasteiger partial charge in [-0.15, -0.1) is 0 Å². The highest BCUT2D eigenvalue weighted by atomic mass is 79.9. The topological polar surface area (TPSA) is 50.1 Å². The zero-order valence-electron chi connectivity index (χ0n) is 10.2. The molecule has 106 valence electrons. The molecule has 0 N–H and O–H groups in total. The van der Waals surface area contributed by atoms with Gasteiger partial charge in [0.1, 0.15) is 0 Å². The fraction of sp³-hybridized carbons (Fsp3) is 0. The van der Waals surface area contributed by atoms with Crippen molar-refractivity contribution in [1.29, 1.82) is 5.26 Å². The van der Waals surface area contributed by atoms with E-state index in [1.54, 1.807) is 12.1 Å². The Hall–Kier alpha value is -1.06. The molecule has 0 spiro atoms. The summed E-state index contributed by atoms with van der Waals surface area (Å²) in [5.41, 5.74) is 0.662. The maximum atomic E-state index is 12.1. The van der Waals surface area contributed by atoms with Crippen LogP contribution in [-0.2, 0) is 0 Å². The predicted octanol–water partition coefficient (Wildman–Crippen LogP) is 5.61. The molecule has 7 heteroatoms. The monoisotopic (exact) mass is 447 g/mol. The Labute approximate surface area is 147 Å². The quantitative estimate of drug-likeness (QED) is 0.442. The van der Waals surface area contributed by atoms with Gasteiger partial charge in [0, 0.05) is 10.0 Å². The molecule has 2 rings (SSSR count). The summed E-state index contributed by atoms with van der Waals surface area (Å²) in [7, 11) is 0. The van der Waals surface area contributed by atoms with Crippen LogP contribution in [0.2, 0.25) is 10.0 Å². The number of rotatable bonds is 2. The highest BCUT2D eigenvalue weighted by Crippen LogP contribution is 2.35. The van der Waals surface area contributed by atoms with Gasteiger partial charge in [-0.3, -0.25) is 0 Å². The molecule has 0 aliphatic heterocycles. The first-order valence-corrected chi connectivity index (χ1v) is 7.82. The number of benzene rings is 2. The van der Waals surface area contributed by atoms with E-state index in [0.717, 1.165) is 0 Å². The van der Waals surface area contributed by atoms with Crippen molar-refractivity contribution in [3.63, 3.8) is 0 Å².